The van der Waals surface area contributed by atoms with Gasteiger partial charge in [0.25, 0.3) is 5.91 Å². The van der Waals surface area contributed by atoms with E-state index in [-0.39, 0.29) is 17.8 Å². The highest BCUT2D eigenvalue weighted by Crippen LogP contribution is 2.43. The number of amides is 1. The Hall–Kier alpha value is -2.60. The van der Waals surface area contributed by atoms with Gasteiger partial charge in [0, 0.05) is 37.8 Å². The highest BCUT2D eigenvalue weighted by molar-refractivity contribution is 6.31. The van der Waals surface area contributed by atoms with Gasteiger partial charge in [-0.2, -0.15) is 0 Å². The van der Waals surface area contributed by atoms with E-state index in [9.17, 15) is 9.18 Å². The molecule has 0 aliphatic carbocycles. The van der Waals surface area contributed by atoms with E-state index in [2.05, 4.69) is 4.98 Å². The third kappa shape index (κ3) is 2.92. The van der Waals surface area contributed by atoms with Crippen LogP contribution in [0.4, 0.5) is 4.39 Å². The van der Waals surface area contributed by atoms with Crippen molar-refractivity contribution in [2.75, 3.05) is 14.1 Å². The molecule has 1 aliphatic rings. The fraction of sp³-hybridized carbons (Fsp3) is 0.333. The van der Waals surface area contributed by atoms with Gasteiger partial charge in [-0.05, 0) is 38.0 Å². The van der Waals surface area contributed by atoms with E-state index in [0.717, 1.165) is 28.0 Å². The summed E-state index contributed by atoms with van der Waals surface area (Å²) in [7, 11) is 5.38. The number of halogens is 2. The summed E-state index contributed by atoms with van der Waals surface area (Å²) in [5.74, 6) is 0.991. The van der Waals surface area contributed by atoms with Crippen LogP contribution in [0.3, 0.4) is 0 Å². The summed E-state index contributed by atoms with van der Waals surface area (Å²) < 4.78 is 21.7. The fourth-order valence-electron chi connectivity index (χ4n) is 3.71. The molecule has 28 heavy (non-hydrogen) atoms. The summed E-state index contributed by atoms with van der Waals surface area (Å²) in [6.45, 7) is 1.91. The first kappa shape index (κ1) is 18.7. The molecule has 0 bridgehead atoms. The SMILES string of the molecule is Cc1nc2c3c(c(C(=O)N(C)C)cc2n1C)CC[C@@H](c1ccc(F)cc1Cl)O3. The monoisotopic (exact) mass is 401 g/mol. The number of imidazole rings is 1. The van der Waals surface area contributed by atoms with Gasteiger partial charge >= 0.3 is 0 Å². The Kier molecular flexibility index (Phi) is 4.54. The smallest absolute Gasteiger partial charge is 0.253 e. The lowest BCUT2D eigenvalue weighted by Gasteiger charge is -2.29. The Bertz CT molecular complexity index is 1110. The normalized spacial score (nSPS) is 16.0. The molecule has 3 aromatic rings. The van der Waals surface area contributed by atoms with Crippen molar-refractivity contribution in [3.8, 4) is 5.75 Å². The molecule has 0 radical (unpaired) electrons. The lowest BCUT2D eigenvalue weighted by atomic mass is 9.92. The first-order chi connectivity index (χ1) is 13.3. The summed E-state index contributed by atoms with van der Waals surface area (Å²) in [5.41, 5.74) is 3.79. The van der Waals surface area contributed by atoms with Crippen molar-refractivity contribution < 1.29 is 13.9 Å². The van der Waals surface area contributed by atoms with Crippen molar-refractivity contribution in [2.45, 2.75) is 25.9 Å². The van der Waals surface area contributed by atoms with E-state index in [1.54, 1.807) is 25.1 Å². The highest BCUT2D eigenvalue weighted by Gasteiger charge is 2.31. The number of nitrogens with zero attached hydrogens (tertiary/aromatic N) is 3. The van der Waals surface area contributed by atoms with Crippen molar-refractivity contribution in [3.63, 3.8) is 0 Å². The van der Waals surface area contributed by atoms with Crippen molar-refractivity contribution in [1.82, 2.24) is 14.5 Å². The second kappa shape index (κ2) is 6.78. The van der Waals surface area contributed by atoms with Crippen molar-refractivity contribution in [1.29, 1.82) is 0 Å². The maximum Gasteiger partial charge on any atom is 0.253 e. The molecule has 146 valence electrons. The van der Waals surface area contributed by atoms with Crippen LogP contribution in [-0.4, -0.2) is 34.5 Å². The topological polar surface area (TPSA) is 47.4 Å². The van der Waals surface area contributed by atoms with Gasteiger partial charge < -0.3 is 14.2 Å². The van der Waals surface area contributed by atoms with Crippen LogP contribution >= 0.6 is 11.6 Å². The van der Waals surface area contributed by atoms with E-state index in [1.165, 1.54) is 12.1 Å². The van der Waals surface area contributed by atoms with Crippen LogP contribution in [0.25, 0.3) is 11.0 Å². The lowest BCUT2D eigenvalue weighted by molar-refractivity contribution is 0.0823. The number of benzene rings is 2. The first-order valence-electron chi connectivity index (χ1n) is 9.10. The lowest BCUT2D eigenvalue weighted by Crippen LogP contribution is -2.25. The number of aryl methyl sites for hydroxylation is 2. The van der Waals surface area contributed by atoms with Gasteiger partial charge in [0.15, 0.2) is 5.75 Å². The molecule has 5 nitrogen and oxygen atoms in total. The number of ether oxygens (including phenoxy) is 1. The van der Waals surface area contributed by atoms with E-state index < -0.39 is 0 Å². The molecule has 1 aromatic heterocycles. The molecule has 0 saturated carbocycles. The standard InChI is InChI=1S/C21H21ClFN3O2/c1-11-24-19-17(26(11)4)10-15(21(27)25(2)3)13-7-8-18(28-20(13)19)14-6-5-12(23)9-16(14)22/h5-6,9-10,18H,7-8H2,1-4H3/t18-/m0/s1. The summed E-state index contributed by atoms with van der Waals surface area (Å²) >= 11 is 6.26. The zero-order valence-electron chi connectivity index (χ0n) is 16.2. The molecule has 0 saturated heterocycles. The van der Waals surface area contributed by atoms with Gasteiger partial charge in [0.2, 0.25) is 0 Å². The van der Waals surface area contributed by atoms with Gasteiger partial charge in [0.05, 0.1) is 10.5 Å². The van der Waals surface area contributed by atoms with Crippen LogP contribution in [0.1, 0.15) is 39.8 Å². The maximum atomic E-state index is 13.4. The Balaban J connectivity index is 1.89. The molecule has 0 spiro atoms. The Morgan fingerprint density at radius 1 is 1.36 bits per heavy atom. The van der Waals surface area contributed by atoms with Crippen LogP contribution in [0, 0.1) is 12.7 Å². The van der Waals surface area contributed by atoms with Crippen molar-refractivity contribution in [3.05, 3.63) is 57.6 Å². The molecular formula is C21H21ClFN3O2. The van der Waals surface area contributed by atoms with Gasteiger partial charge in [-0.3, -0.25) is 4.79 Å². The number of hydrogen-bond donors (Lipinski definition) is 0. The number of carbonyl (C=O) groups is 1. The van der Waals surface area contributed by atoms with Crippen molar-refractivity contribution >= 4 is 28.5 Å². The molecule has 2 aromatic carbocycles. The van der Waals surface area contributed by atoms with E-state index in [0.29, 0.717) is 29.2 Å². The second-order valence-corrected chi connectivity index (χ2v) is 7.74. The molecule has 0 N–H and O–H groups in total. The van der Waals surface area contributed by atoms with Crippen LogP contribution in [0.2, 0.25) is 5.02 Å². The molecule has 2 heterocycles. The molecule has 4 rings (SSSR count). The summed E-state index contributed by atoms with van der Waals surface area (Å²) in [5, 5.41) is 0.336. The van der Waals surface area contributed by atoms with Crippen molar-refractivity contribution in [2.24, 2.45) is 7.05 Å². The maximum absolute atomic E-state index is 13.4. The van der Waals surface area contributed by atoms with Crippen LogP contribution < -0.4 is 4.74 Å². The van der Waals surface area contributed by atoms with E-state index >= 15 is 0 Å². The Morgan fingerprint density at radius 2 is 2.11 bits per heavy atom. The highest BCUT2D eigenvalue weighted by atomic mass is 35.5. The summed E-state index contributed by atoms with van der Waals surface area (Å²) in [6, 6.07) is 6.23. The number of aromatic nitrogens is 2. The number of fused-ring (bicyclic) bond motifs is 3. The fourth-order valence-corrected chi connectivity index (χ4v) is 4.00. The number of rotatable bonds is 2. The van der Waals surface area contributed by atoms with E-state index in [1.807, 2.05) is 24.6 Å². The summed E-state index contributed by atoms with van der Waals surface area (Å²) in [6.07, 6.45) is 0.966. The van der Waals surface area contributed by atoms with Crippen LogP contribution in [-0.2, 0) is 13.5 Å². The zero-order chi connectivity index (χ0) is 20.2. The third-order valence-corrected chi connectivity index (χ3v) is 5.65. The molecule has 1 aliphatic heterocycles. The Labute approximate surface area is 167 Å². The third-order valence-electron chi connectivity index (χ3n) is 5.32. The minimum atomic E-state index is -0.383. The quantitative estimate of drug-likeness (QED) is 0.637. The van der Waals surface area contributed by atoms with Gasteiger partial charge in [0.1, 0.15) is 23.3 Å². The minimum Gasteiger partial charge on any atom is -0.483 e. The van der Waals surface area contributed by atoms with E-state index in [4.69, 9.17) is 16.3 Å². The van der Waals surface area contributed by atoms with Gasteiger partial charge in [-0.25, -0.2) is 9.37 Å². The predicted molar refractivity (Wildman–Crippen MR) is 107 cm³/mol. The molecular weight excluding hydrogens is 381 g/mol. The number of hydrogen-bond acceptors (Lipinski definition) is 3. The molecule has 0 unspecified atom stereocenters. The molecule has 0 fully saturated rings. The predicted octanol–water partition coefficient (Wildman–Crippen LogP) is 4.44. The zero-order valence-corrected chi connectivity index (χ0v) is 17.0. The van der Waals surface area contributed by atoms with Crippen LogP contribution in [0.15, 0.2) is 24.3 Å². The van der Waals surface area contributed by atoms with Gasteiger partial charge in [-0.1, -0.05) is 17.7 Å². The first-order valence-corrected chi connectivity index (χ1v) is 9.48. The average Bonchev–Trinajstić information content (AvgIpc) is 2.94. The molecule has 1 atom stereocenters. The molecule has 7 heteroatoms. The second-order valence-electron chi connectivity index (χ2n) is 7.33. The number of carbonyl (C=O) groups excluding carboxylic acids is 1. The molecule has 1 amide bonds. The average molecular weight is 402 g/mol. The Morgan fingerprint density at radius 3 is 2.79 bits per heavy atom. The largest absolute Gasteiger partial charge is 0.483 e. The minimum absolute atomic E-state index is 0.0705. The summed E-state index contributed by atoms with van der Waals surface area (Å²) in [4.78, 5) is 19.0. The van der Waals surface area contributed by atoms with Gasteiger partial charge in [-0.15, -0.1) is 0 Å². The van der Waals surface area contributed by atoms with Crippen LogP contribution in [0.5, 0.6) is 5.75 Å².